The molecule has 33 heavy (non-hydrogen) atoms. The van der Waals surface area contributed by atoms with Gasteiger partial charge < -0.3 is 19.4 Å². The highest BCUT2D eigenvalue weighted by molar-refractivity contribution is 5.94. The first-order chi connectivity index (χ1) is 16.2. The maximum Gasteiger partial charge on any atom is 0.275 e. The van der Waals surface area contributed by atoms with Gasteiger partial charge in [0.2, 0.25) is 0 Å². The van der Waals surface area contributed by atoms with Gasteiger partial charge in [-0.2, -0.15) is 5.10 Å². The zero-order valence-electron chi connectivity index (χ0n) is 18.7. The number of nitrogens with zero attached hydrogens (tertiary/aromatic N) is 2. The van der Waals surface area contributed by atoms with Crippen molar-refractivity contribution < 1.29 is 14.3 Å². The number of rotatable bonds is 5. The molecule has 2 N–H and O–H groups in total. The van der Waals surface area contributed by atoms with E-state index >= 15 is 0 Å². The van der Waals surface area contributed by atoms with E-state index in [1.54, 1.807) is 14.2 Å². The minimum absolute atomic E-state index is 0.0858. The summed E-state index contributed by atoms with van der Waals surface area (Å²) in [6.45, 7) is 0.588. The first-order valence-corrected chi connectivity index (χ1v) is 11.4. The van der Waals surface area contributed by atoms with E-state index in [0.717, 1.165) is 41.7 Å². The molecular weight excluding hydrogens is 416 g/mol. The molecule has 0 unspecified atom stereocenters. The quantitative estimate of drug-likeness (QED) is 0.474. The van der Waals surface area contributed by atoms with Gasteiger partial charge in [-0.05, 0) is 43.0 Å². The van der Waals surface area contributed by atoms with Crippen LogP contribution < -0.4 is 9.47 Å². The van der Waals surface area contributed by atoms with Crippen LogP contribution in [0.25, 0.3) is 10.9 Å². The van der Waals surface area contributed by atoms with Crippen molar-refractivity contribution in [3.63, 3.8) is 0 Å². The summed E-state index contributed by atoms with van der Waals surface area (Å²) < 4.78 is 11.4. The molecule has 1 amide bonds. The highest BCUT2D eigenvalue weighted by atomic mass is 16.5. The van der Waals surface area contributed by atoms with Crippen LogP contribution in [-0.4, -0.2) is 46.8 Å². The summed E-state index contributed by atoms with van der Waals surface area (Å²) in [5.41, 5.74) is 5.72. The lowest BCUT2D eigenvalue weighted by atomic mass is 9.91. The smallest absolute Gasteiger partial charge is 0.275 e. The third-order valence-electron chi connectivity index (χ3n) is 6.86. The minimum atomic E-state index is -0.347. The molecule has 2 aromatic heterocycles. The number of carbonyl (C=O) groups is 1. The number of fused-ring (bicyclic) bond motifs is 3. The fourth-order valence-electron chi connectivity index (χ4n) is 5.11. The van der Waals surface area contributed by atoms with Crippen molar-refractivity contribution >= 4 is 16.8 Å². The SMILES string of the molecule is COc1cccc([C@@H]2c3[nH]c4ccccc4c3CCN2C(=O)c2cc(C3CC3)[nH]n2)c1OC. The number of H-pyrrole nitrogens is 2. The van der Waals surface area contributed by atoms with Crippen LogP contribution in [0.5, 0.6) is 11.5 Å². The van der Waals surface area contributed by atoms with Crippen molar-refractivity contribution in [3.8, 4) is 11.5 Å². The highest BCUT2D eigenvalue weighted by Crippen LogP contribution is 2.45. The molecular formula is C26H26N4O3. The molecule has 1 atom stereocenters. The van der Waals surface area contributed by atoms with Gasteiger partial charge in [0, 0.05) is 40.3 Å². The number of aromatic amines is 2. The first kappa shape index (κ1) is 19.9. The first-order valence-electron chi connectivity index (χ1n) is 11.4. The summed E-state index contributed by atoms with van der Waals surface area (Å²) >= 11 is 0. The molecule has 0 spiro atoms. The van der Waals surface area contributed by atoms with E-state index in [1.807, 2.05) is 35.2 Å². The Hall–Kier alpha value is -3.74. The standard InChI is InChI=1S/C26H26N4O3/c1-32-22-9-5-7-18(25(22)33-2)24-23-17(16-6-3-4-8-19(16)27-23)12-13-30(24)26(31)21-14-20(28-29-21)15-10-11-15/h3-9,14-15,24,27H,10-13H2,1-2H3,(H,28,29)/t24-/m1/s1. The number of ether oxygens (including phenoxy) is 2. The molecule has 0 radical (unpaired) electrons. The van der Waals surface area contributed by atoms with Crippen LogP contribution >= 0.6 is 0 Å². The predicted octanol–water partition coefficient (Wildman–Crippen LogP) is 4.57. The van der Waals surface area contributed by atoms with E-state index < -0.39 is 0 Å². The Labute approximate surface area is 191 Å². The molecule has 2 aliphatic rings. The second-order valence-electron chi connectivity index (χ2n) is 8.78. The van der Waals surface area contributed by atoms with Crippen molar-refractivity contribution in [2.45, 2.75) is 31.2 Å². The second-order valence-corrected chi connectivity index (χ2v) is 8.78. The van der Waals surface area contributed by atoms with Crippen molar-refractivity contribution in [3.05, 3.63) is 76.7 Å². The van der Waals surface area contributed by atoms with Gasteiger partial charge in [-0.3, -0.25) is 9.89 Å². The molecule has 1 saturated carbocycles. The fourth-order valence-corrected chi connectivity index (χ4v) is 5.11. The highest BCUT2D eigenvalue weighted by Gasteiger charge is 2.38. The molecule has 168 valence electrons. The largest absolute Gasteiger partial charge is 0.493 e. The van der Waals surface area contributed by atoms with Crippen LogP contribution in [0.2, 0.25) is 0 Å². The number of carbonyl (C=O) groups excluding carboxylic acids is 1. The van der Waals surface area contributed by atoms with Crippen LogP contribution in [0.3, 0.4) is 0 Å². The average Bonchev–Trinajstić information content (AvgIpc) is 3.46. The number of aromatic nitrogens is 3. The van der Waals surface area contributed by atoms with Gasteiger partial charge in [-0.15, -0.1) is 0 Å². The topological polar surface area (TPSA) is 83.2 Å². The van der Waals surface area contributed by atoms with Gasteiger partial charge in [-0.25, -0.2) is 0 Å². The molecule has 6 rings (SSSR count). The molecule has 1 aliphatic heterocycles. The van der Waals surface area contributed by atoms with Crippen LogP contribution in [-0.2, 0) is 6.42 Å². The zero-order chi connectivity index (χ0) is 22.5. The van der Waals surface area contributed by atoms with E-state index in [-0.39, 0.29) is 11.9 Å². The summed E-state index contributed by atoms with van der Waals surface area (Å²) in [6.07, 6.45) is 3.08. The molecule has 0 saturated heterocycles. The lowest BCUT2D eigenvalue weighted by Crippen LogP contribution is -2.41. The summed E-state index contributed by atoms with van der Waals surface area (Å²) in [5, 5.41) is 8.64. The van der Waals surface area contributed by atoms with Gasteiger partial charge in [0.1, 0.15) is 11.7 Å². The monoisotopic (exact) mass is 442 g/mol. The fraction of sp³-hybridized carbons (Fsp3) is 0.308. The van der Waals surface area contributed by atoms with Gasteiger partial charge in [0.15, 0.2) is 11.5 Å². The minimum Gasteiger partial charge on any atom is -0.493 e. The Balaban J connectivity index is 1.51. The van der Waals surface area contributed by atoms with Crippen LogP contribution in [0.4, 0.5) is 0 Å². The van der Waals surface area contributed by atoms with Crippen molar-refractivity contribution in [2.24, 2.45) is 0 Å². The molecule has 0 bridgehead atoms. The van der Waals surface area contributed by atoms with E-state index in [4.69, 9.17) is 9.47 Å². The van der Waals surface area contributed by atoms with Crippen molar-refractivity contribution in [1.29, 1.82) is 0 Å². The molecule has 1 fully saturated rings. The number of nitrogens with one attached hydrogen (secondary N) is 2. The Morgan fingerprint density at radius 3 is 2.73 bits per heavy atom. The molecule has 3 heterocycles. The number of methoxy groups -OCH3 is 2. The third-order valence-corrected chi connectivity index (χ3v) is 6.86. The summed E-state index contributed by atoms with van der Waals surface area (Å²) in [7, 11) is 3.26. The second kappa shape index (κ2) is 7.69. The van der Waals surface area contributed by atoms with E-state index in [2.05, 4.69) is 33.4 Å². The molecule has 2 aromatic carbocycles. The summed E-state index contributed by atoms with van der Waals surface area (Å²) in [4.78, 5) is 19.3. The van der Waals surface area contributed by atoms with Crippen molar-refractivity contribution in [1.82, 2.24) is 20.1 Å². The molecule has 1 aliphatic carbocycles. The maximum absolute atomic E-state index is 13.8. The van der Waals surface area contributed by atoms with Gasteiger partial charge in [-0.1, -0.05) is 30.3 Å². The molecule has 4 aromatic rings. The number of hydrogen-bond acceptors (Lipinski definition) is 4. The lowest BCUT2D eigenvalue weighted by molar-refractivity contribution is 0.0683. The number of benzene rings is 2. The summed E-state index contributed by atoms with van der Waals surface area (Å²) in [5.74, 6) is 1.70. The normalized spacial score (nSPS) is 17.8. The van der Waals surface area contributed by atoms with Gasteiger partial charge in [0.05, 0.1) is 14.2 Å². The number of hydrogen-bond donors (Lipinski definition) is 2. The molecule has 7 heteroatoms. The average molecular weight is 443 g/mol. The Morgan fingerprint density at radius 2 is 1.94 bits per heavy atom. The third kappa shape index (κ3) is 3.18. The van der Waals surface area contributed by atoms with Gasteiger partial charge in [0.25, 0.3) is 5.91 Å². The Kier molecular flexibility index (Phi) is 4.64. The zero-order valence-corrected chi connectivity index (χ0v) is 18.7. The maximum atomic E-state index is 13.8. The number of amides is 1. The lowest BCUT2D eigenvalue weighted by Gasteiger charge is -2.36. The number of para-hydroxylation sites is 2. The van der Waals surface area contributed by atoms with Crippen LogP contribution in [0, 0.1) is 0 Å². The van der Waals surface area contributed by atoms with Gasteiger partial charge >= 0.3 is 0 Å². The van der Waals surface area contributed by atoms with E-state index in [1.165, 1.54) is 10.9 Å². The predicted molar refractivity (Wildman–Crippen MR) is 125 cm³/mol. The van der Waals surface area contributed by atoms with Crippen LogP contribution in [0.15, 0.2) is 48.5 Å². The van der Waals surface area contributed by atoms with E-state index in [0.29, 0.717) is 29.7 Å². The van der Waals surface area contributed by atoms with Crippen molar-refractivity contribution in [2.75, 3.05) is 20.8 Å². The Morgan fingerprint density at radius 1 is 1.09 bits per heavy atom. The molecule has 7 nitrogen and oxygen atoms in total. The van der Waals surface area contributed by atoms with E-state index in [9.17, 15) is 4.79 Å². The summed E-state index contributed by atoms with van der Waals surface area (Å²) in [6, 6.07) is 15.7. The van der Waals surface area contributed by atoms with Crippen LogP contribution in [0.1, 0.15) is 57.8 Å². The Bertz CT molecular complexity index is 1350.